The molecule has 0 atom stereocenters. The Morgan fingerprint density at radius 1 is 0.900 bits per heavy atom. The molecular formula is C25H27ClN3O+. The van der Waals surface area contributed by atoms with E-state index in [-0.39, 0.29) is 11.9 Å². The van der Waals surface area contributed by atoms with Crippen molar-refractivity contribution in [2.45, 2.75) is 6.04 Å². The van der Waals surface area contributed by atoms with Crippen molar-refractivity contribution in [1.82, 2.24) is 5.32 Å². The number of rotatable bonds is 6. The molecule has 0 radical (unpaired) electrons. The van der Waals surface area contributed by atoms with Crippen molar-refractivity contribution >= 4 is 23.2 Å². The average Bonchev–Trinajstić information content (AvgIpc) is 2.79. The minimum atomic E-state index is -0.132. The Hall–Kier alpha value is -2.82. The zero-order valence-corrected chi connectivity index (χ0v) is 17.7. The third kappa shape index (κ3) is 5.21. The van der Waals surface area contributed by atoms with Gasteiger partial charge in [0.1, 0.15) is 0 Å². The van der Waals surface area contributed by atoms with Crippen LogP contribution in [0, 0.1) is 0 Å². The second kappa shape index (κ2) is 9.79. The van der Waals surface area contributed by atoms with Crippen LogP contribution in [0.3, 0.4) is 0 Å². The highest BCUT2D eigenvalue weighted by Crippen LogP contribution is 2.21. The summed E-state index contributed by atoms with van der Waals surface area (Å²) in [7, 11) is 0. The lowest BCUT2D eigenvalue weighted by molar-refractivity contribution is -0.892. The second-order valence-electron chi connectivity index (χ2n) is 7.72. The predicted molar refractivity (Wildman–Crippen MR) is 122 cm³/mol. The third-order valence-electron chi connectivity index (χ3n) is 5.63. The first-order chi connectivity index (χ1) is 14.7. The molecule has 0 unspecified atom stereocenters. The molecule has 3 aromatic carbocycles. The molecule has 1 aliphatic rings. The molecule has 0 spiro atoms. The van der Waals surface area contributed by atoms with Crippen molar-refractivity contribution in [3.05, 3.63) is 101 Å². The molecule has 1 aliphatic heterocycles. The van der Waals surface area contributed by atoms with E-state index in [2.05, 4.69) is 40.5 Å². The monoisotopic (exact) mass is 420 g/mol. The summed E-state index contributed by atoms with van der Waals surface area (Å²) in [4.78, 5) is 16.5. The van der Waals surface area contributed by atoms with Crippen LogP contribution in [0.25, 0.3) is 0 Å². The smallest absolute Gasteiger partial charge is 0.275 e. The Labute approximate surface area is 183 Å². The van der Waals surface area contributed by atoms with Crippen molar-refractivity contribution in [3.8, 4) is 0 Å². The number of anilines is 1. The van der Waals surface area contributed by atoms with Gasteiger partial charge in [-0.15, -0.1) is 0 Å². The minimum Gasteiger partial charge on any atom is -0.360 e. The molecule has 0 saturated carbocycles. The molecule has 1 saturated heterocycles. The van der Waals surface area contributed by atoms with Crippen LogP contribution in [0.2, 0.25) is 5.02 Å². The zero-order chi connectivity index (χ0) is 20.8. The van der Waals surface area contributed by atoms with Crippen LogP contribution in [0.4, 0.5) is 5.69 Å². The Balaban J connectivity index is 1.36. The molecule has 3 aromatic rings. The first kappa shape index (κ1) is 20.5. The van der Waals surface area contributed by atoms with Gasteiger partial charge < -0.3 is 15.1 Å². The maximum atomic E-state index is 12.9. The van der Waals surface area contributed by atoms with E-state index < -0.39 is 0 Å². The van der Waals surface area contributed by atoms with Crippen molar-refractivity contribution < 1.29 is 9.69 Å². The summed E-state index contributed by atoms with van der Waals surface area (Å²) < 4.78 is 0. The fraction of sp³-hybridized carbons (Fsp3) is 0.240. The van der Waals surface area contributed by atoms with Gasteiger partial charge in [0.15, 0.2) is 6.54 Å². The lowest BCUT2D eigenvalue weighted by atomic mass is 9.99. The molecule has 0 bridgehead atoms. The molecule has 1 amide bonds. The highest BCUT2D eigenvalue weighted by Gasteiger charge is 2.24. The van der Waals surface area contributed by atoms with Gasteiger partial charge >= 0.3 is 0 Å². The van der Waals surface area contributed by atoms with E-state index in [1.165, 1.54) is 4.90 Å². The van der Waals surface area contributed by atoms with E-state index in [4.69, 9.17) is 11.6 Å². The standard InChI is InChI=1S/C25H26ClN3O/c26-22-12-7-13-23(18-22)29-16-14-28(15-17-29)19-24(30)27-25(20-8-3-1-4-9-20)21-10-5-2-6-11-21/h1-13,18,25H,14-17,19H2,(H,27,30)/p+1. The number of amides is 1. The van der Waals surface area contributed by atoms with E-state index in [1.807, 2.05) is 54.6 Å². The molecule has 5 heteroatoms. The van der Waals surface area contributed by atoms with Crippen molar-refractivity contribution in [3.63, 3.8) is 0 Å². The van der Waals surface area contributed by atoms with Gasteiger partial charge in [0.05, 0.1) is 32.2 Å². The Kier molecular flexibility index (Phi) is 6.67. The zero-order valence-electron chi connectivity index (χ0n) is 16.9. The molecule has 0 aliphatic carbocycles. The van der Waals surface area contributed by atoms with Crippen LogP contribution >= 0.6 is 11.6 Å². The molecular weight excluding hydrogens is 394 g/mol. The minimum absolute atomic E-state index is 0.0823. The lowest BCUT2D eigenvalue weighted by Crippen LogP contribution is -3.16. The van der Waals surface area contributed by atoms with Gasteiger partial charge in [-0.1, -0.05) is 78.3 Å². The summed E-state index contributed by atoms with van der Waals surface area (Å²) in [6.45, 7) is 4.19. The number of hydrogen-bond donors (Lipinski definition) is 2. The number of hydrogen-bond acceptors (Lipinski definition) is 2. The Morgan fingerprint density at radius 2 is 1.50 bits per heavy atom. The lowest BCUT2D eigenvalue weighted by Gasteiger charge is -2.33. The fourth-order valence-corrected chi connectivity index (χ4v) is 4.20. The largest absolute Gasteiger partial charge is 0.360 e. The Morgan fingerprint density at radius 3 is 2.07 bits per heavy atom. The first-order valence-corrected chi connectivity index (χ1v) is 10.8. The number of piperazine rings is 1. The predicted octanol–water partition coefficient (Wildman–Crippen LogP) is 2.95. The summed E-state index contributed by atoms with van der Waals surface area (Å²) in [5, 5.41) is 4.02. The number of halogens is 1. The van der Waals surface area contributed by atoms with Gasteiger partial charge in [-0.05, 0) is 29.3 Å². The highest BCUT2D eigenvalue weighted by atomic mass is 35.5. The normalized spacial score (nSPS) is 14.7. The summed E-state index contributed by atoms with van der Waals surface area (Å²) in [5.74, 6) is 0.0823. The molecule has 4 nitrogen and oxygen atoms in total. The topological polar surface area (TPSA) is 36.8 Å². The summed E-state index contributed by atoms with van der Waals surface area (Å²) in [5.41, 5.74) is 3.34. The van der Waals surface area contributed by atoms with Crippen LogP contribution in [-0.2, 0) is 4.79 Å². The molecule has 2 N–H and O–H groups in total. The van der Waals surface area contributed by atoms with E-state index in [9.17, 15) is 4.79 Å². The summed E-state index contributed by atoms with van der Waals surface area (Å²) in [6, 6.07) is 28.1. The quantitative estimate of drug-likeness (QED) is 0.643. The van der Waals surface area contributed by atoms with Crippen molar-refractivity contribution in [1.29, 1.82) is 0 Å². The molecule has 154 valence electrons. The van der Waals surface area contributed by atoms with Crippen LogP contribution in [0.1, 0.15) is 17.2 Å². The highest BCUT2D eigenvalue weighted by molar-refractivity contribution is 6.30. The Bertz CT molecular complexity index is 917. The van der Waals surface area contributed by atoms with Crippen molar-refractivity contribution in [2.24, 2.45) is 0 Å². The molecule has 1 heterocycles. The van der Waals surface area contributed by atoms with Gasteiger partial charge in [0.2, 0.25) is 0 Å². The molecule has 4 rings (SSSR count). The van der Waals surface area contributed by atoms with E-state index >= 15 is 0 Å². The second-order valence-corrected chi connectivity index (χ2v) is 8.15. The van der Waals surface area contributed by atoms with E-state index in [0.29, 0.717) is 6.54 Å². The van der Waals surface area contributed by atoms with Crippen LogP contribution in [0.15, 0.2) is 84.9 Å². The fourth-order valence-electron chi connectivity index (χ4n) is 4.02. The number of carbonyl (C=O) groups excluding carboxylic acids is 1. The van der Waals surface area contributed by atoms with E-state index in [1.54, 1.807) is 0 Å². The maximum Gasteiger partial charge on any atom is 0.275 e. The summed E-state index contributed by atoms with van der Waals surface area (Å²) >= 11 is 6.13. The maximum absolute atomic E-state index is 12.9. The summed E-state index contributed by atoms with van der Waals surface area (Å²) in [6.07, 6.45) is 0. The van der Waals surface area contributed by atoms with Gasteiger partial charge in [-0.2, -0.15) is 0 Å². The molecule has 0 aromatic heterocycles. The van der Waals surface area contributed by atoms with Crippen LogP contribution < -0.4 is 15.1 Å². The van der Waals surface area contributed by atoms with Crippen molar-refractivity contribution in [2.75, 3.05) is 37.6 Å². The SMILES string of the molecule is O=C(C[NH+]1CCN(c2cccc(Cl)c2)CC1)NC(c1ccccc1)c1ccccc1. The van der Waals surface area contributed by atoms with Crippen LogP contribution in [0.5, 0.6) is 0 Å². The molecule has 1 fully saturated rings. The van der Waals surface area contributed by atoms with Gasteiger partial charge in [0, 0.05) is 10.7 Å². The van der Waals surface area contributed by atoms with E-state index in [0.717, 1.165) is 48.0 Å². The number of benzene rings is 3. The average molecular weight is 421 g/mol. The van der Waals surface area contributed by atoms with Gasteiger partial charge in [-0.3, -0.25) is 4.79 Å². The number of nitrogens with zero attached hydrogens (tertiary/aromatic N) is 1. The van der Waals surface area contributed by atoms with Gasteiger partial charge in [0.25, 0.3) is 5.91 Å². The molecule has 30 heavy (non-hydrogen) atoms. The van der Waals surface area contributed by atoms with Crippen LogP contribution in [-0.4, -0.2) is 38.6 Å². The number of nitrogens with one attached hydrogen (secondary N) is 2. The number of carbonyl (C=O) groups is 1. The third-order valence-corrected chi connectivity index (χ3v) is 5.86. The van der Waals surface area contributed by atoms with Gasteiger partial charge in [-0.25, -0.2) is 0 Å². The first-order valence-electron chi connectivity index (χ1n) is 10.4. The number of quaternary nitrogens is 1.